The second-order valence-electron chi connectivity index (χ2n) is 10.8. The molecule has 1 aromatic heterocycles. The minimum absolute atomic E-state index is 0.191. The Bertz CT molecular complexity index is 1730. The number of benzene rings is 3. The quantitative estimate of drug-likeness (QED) is 0.401. The summed E-state index contributed by atoms with van der Waals surface area (Å²) < 4.78 is 1.62. The van der Waals surface area contributed by atoms with E-state index in [2.05, 4.69) is 19.2 Å². The molecular weight excluding hydrogens is 500 g/mol. The highest BCUT2D eigenvalue weighted by atomic mass is 35.5. The fourth-order valence-corrected chi connectivity index (χ4v) is 6.98. The van der Waals surface area contributed by atoms with Crippen LogP contribution in [0.4, 0.5) is 5.69 Å². The van der Waals surface area contributed by atoms with Gasteiger partial charge in [0.05, 0.1) is 34.1 Å². The van der Waals surface area contributed by atoms with E-state index in [1.54, 1.807) is 34.9 Å². The molecule has 4 atom stereocenters. The van der Waals surface area contributed by atoms with Crippen LogP contribution in [-0.4, -0.2) is 27.4 Å². The van der Waals surface area contributed by atoms with Crippen LogP contribution in [0.25, 0.3) is 16.6 Å². The van der Waals surface area contributed by atoms with E-state index in [9.17, 15) is 14.4 Å². The summed E-state index contributed by atoms with van der Waals surface area (Å²) in [6.45, 7) is 4.20. The fraction of sp³-hybridized carbons (Fsp3) is 0.267. The van der Waals surface area contributed by atoms with Crippen molar-refractivity contribution in [2.75, 3.05) is 4.90 Å². The van der Waals surface area contributed by atoms with Crippen LogP contribution >= 0.6 is 11.6 Å². The molecule has 7 rings (SSSR count). The molecule has 0 saturated carbocycles. The Morgan fingerprint density at radius 3 is 2.53 bits per heavy atom. The molecular formula is C30H25ClN4O3. The van der Waals surface area contributed by atoms with Gasteiger partial charge in [-0.05, 0) is 48.7 Å². The maximum Gasteiger partial charge on any atom is 0.266 e. The van der Waals surface area contributed by atoms with Crippen molar-refractivity contribution in [1.82, 2.24) is 14.9 Å². The highest BCUT2D eigenvalue weighted by Gasteiger charge is 2.69. The van der Waals surface area contributed by atoms with Gasteiger partial charge in [-0.2, -0.15) is 0 Å². The van der Waals surface area contributed by atoms with Crippen LogP contribution in [0.15, 0.2) is 77.6 Å². The lowest BCUT2D eigenvalue weighted by molar-refractivity contribution is -0.123. The lowest BCUT2D eigenvalue weighted by Gasteiger charge is -2.32. The number of hydrogen-bond donors (Lipinski definition) is 1. The van der Waals surface area contributed by atoms with Crippen molar-refractivity contribution < 1.29 is 9.59 Å². The van der Waals surface area contributed by atoms with Crippen LogP contribution in [0.5, 0.6) is 0 Å². The van der Waals surface area contributed by atoms with Crippen molar-refractivity contribution in [3.63, 3.8) is 0 Å². The molecule has 2 saturated heterocycles. The average molecular weight is 525 g/mol. The third-order valence-corrected chi connectivity index (χ3v) is 8.39. The second-order valence-corrected chi connectivity index (χ2v) is 11.2. The second kappa shape index (κ2) is 8.09. The SMILES string of the molecule is CC(C)C[C@H]1N[C@@]2(c3ccccc3-n3c2nc2ccccc2c3=O)[C@H]2C(=O)N(c3cccc(Cl)c3)C(=O)[C@@H]12. The van der Waals surface area contributed by atoms with Crippen molar-refractivity contribution in [3.05, 3.63) is 99.6 Å². The number of halogens is 1. The van der Waals surface area contributed by atoms with Gasteiger partial charge in [0.25, 0.3) is 5.56 Å². The number of imide groups is 1. The van der Waals surface area contributed by atoms with Gasteiger partial charge in [-0.25, -0.2) is 9.88 Å². The number of anilines is 1. The van der Waals surface area contributed by atoms with Crippen LogP contribution in [0.1, 0.15) is 31.7 Å². The molecule has 2 amide bonds. The summed E-state index contributed by atoms with van der Waals surface area (Å²) in [6, 6.07) is 21.4. The van der Waals surface area contributed by atoms with Crippen molar-refractivity contribution in [2.45, 2.75) is 31.8 Å². The van der Waals surface area contributed by atoms with E-state index in [0.717, 1.165) is 5.56 Å². The van der Waals surface area contributed by atoms with Gasteiger partial charge < -0.3 is 0 Å². The van der Waals surface area contributed by atoms with E-state index < -0.39 is 17.4 Å². The predicted molar refractivity (Wildman–Crippen MR) is 145 cm³/mol. The Morgan fingerprint density at radius 1 is 0.974 bits per heavy atom. The lowest BCUT2D eigenvalue weighted by atomic mass is 9.75. The maximum absolute atomic E-state index is 14.4. The number of aromatic nitrogens is 2. The van der Waals surface area contributed by atoms with Gasteiger partial charge in [-0.15, -0.1) is 0 Å². The molecule has 8 heteroatoms. The van der Waals surface area contributed by atoms with Crippen molar-refractivity contribution in [1.29, 1.82) is 0 Å². The van der Waals surface area contributed by atoms with Gasteiger partial charge in [-0.1, -0.05) is 61.8 Å². The number of para-hydroxylation sites is 2. The van der Waals surface area contributed by atoms with Crippen molar-refractivity contribution in [2.24, 2.45) is 17.8 Å². The Balaban J connectivity index is 1.52. The van der Waals surface area contributed by atoms with Crippen LogP contribution < -0.4 is 15.8 Å². The Hall–Kier alpha value is -3.81. The number of fused-ring (bicyclic) bond motifs is 8. The van der Waals surface area contributed by atoms with Crippen LogP contribution in [0, 0.1) is 17.8 Å². The van der Waals surface area contributed by atoms with Gasteiger partial charge in [0.15, 0.2) is 0 Å². The predicted octanol–water partition coefficient (Wildman–Crippen LogP) is 4.42. The number of nitrogens with one attached hydrogen (secondary N) is 1. The van der Waals surface area contributed by atoms with E-state index in [-0.39, 0.29) is 29.3 Å². The molecule has 2 fully saturated rings. The van der Waals surface area contributed by atoms with Gasteiger partial charge in [0.1, 0.15) is 11.4 Å². The number of carbonyl (C=O) groups excluding carboxylic acids is 2. The summed E-state index contributed by atoms with van der Waals surface area (Å²) in [5.74, 6) is -1.23. The molecule has 0 unspecified atom stereocenters. The number of amides is 2. The summed E-state index contributed by atoms with van der Waals surface area (Å²) in [5.41, 5.74) is 1.16. The van der Waals surface area contributed by atoms with E-state index in [4.69, 9.17) is 16.6 Å². The normalized spacial score (nSPS) is 25.5. The Labute approximate surface area is 224 Å². The van der Waals surface area contributed by atoms with Gasteiger partial charge in [-0.3, -0.25) is 24.3 Å². The molecule has 190 valence electrons. The Morgan fingerprint density at radius 2 is 1.74 bits per heavy atom. The van der Waals surface area contributed by atoms with E-state index in [0.29, 0.717) is 39.5 Å². The lowest BCUT2D eigenvalue weighted by Crippen LogP contribution is -2.50. The highest BCUT2D eigenvalue weighted by Crippen LogP contribution is 2.56. The molecule has 0 aliphatic carbocycles. The summed E-state index contributed by atoms with van der Waals surface area (Å²) in [6.07, 6.45) is 0.686. The maximum atomic E-state index is 14.4. The van der Waals surface area contributed by atoms with Gasteiger partial charge >= 0.3 is 0 Å². The Kier molecular flexibility index (Phi) is 4.97. The van der Waals surface area contributed by atoms with E-state index in [1.807, 2.05) is 42.5 Å². The molecule has 3 aliphatic rings. The standard InChI is InChI=1S/C30H25ClN4O3/c1-16(2)14-22-24-25(28(38)34(27(24)37)18-9-7-8-17(31)15-18)30(33-22)20-11-4-6-13-23(20)35-26(36)19-10-3-5-12-21(19)32-29(30)35/h3-13,15-16,22,24-25,33H,14H2,1-2H3/t22-,24+,25-,30+/m1/s1. The first-order valence-corrected chi connectivity index (χ1v) is 13.2. The van der Waals surface area contributed by atoms with Crippen LogP contribution in [-0.2, 0) is 15.1 Å². The minimum Gasteiger partial charge on any atom is -0.297 e. The first kappa shape index (κ1) is 23.3. The zero-order chi connectivity index (χ0) is 26.3. The van der Waals surface area contributed by atoms with Crippen LogP contribution in [0.3, 0.4) is 0 Å². The molecule has 1 spiro atoms. The number of hydrogen-bond acceptors (Lipinski definition) is 5. The summed E-state index contributed by atoms with van der Waals surface area (Å²) in [4.78, 5) is 48.6. The molecule has 3 aromatic carbocycles. The van der Waals surface area contributed by atoms with Crippen molar-refractivity contribution in [3.8, 4) is 5.69 Å². The number of carbonyl (C=O) groups is 2. The highest BCUT2D eigenvalue weighted by molar-refractivity contribution is 6.31. The van der Waals surface area contributed by atoms with Gasteiger partial charge in [0.2, 0.25) is 11.8 Å². The minimum atomic E-state index is -1.13. The summed E-state index contributed by atoms with van der Waals surface area (Å²) in [5, 5.41) is 4.68. The topological polar surface area (TPSA) is 84.3 Å². The monoisotopic (exact) mass is 524 g/mol. The van der Waals surface area contributed by atoms with Crippen LogP contribution in [0.2, 0.25) is 5.02 Å². The molecule has 4 heterocycles. The number of rotatable bonds is 3. The summed E-state index contributed by atoms with van der Waals surface area (Å²) >= 11 is 6.25. The molecule has 7 nitrogen and oxygen atoms in total. The zero-order valence-corrected chi connectivity index (χ0v) is 21.6. The average Bonchev–Trinajstić information content (AvgIpc) is 3.47. The zero-order valence-electron chi connectivity index (χ0n) is 20.9. The number of nitrogens with zero attached hydrogens (tertiary/aromatic N) is 3. The van der Waals surface area contributed by atoms with Gasteiger partial charge in [0, 0.05) is 16.6 Å². The first-order valence-electron chi connectivity index (χ1n) is 12.9. The van der Waals surface area contributed by atoms with E-state index >= 15 is 0 Å². The summed E-state index contributed by atoms with van der Waals surface area (Å²) in [7, 11) is 0. The van der Waals surface area contributed by atoms with E-state index in [1.165, 1.54) is 4.90 Å². The molecule has 0 bridgehead atoms. The first-order chi connectivity index (χ1) is 18.3. The molecule has 4 aromatic rings. The van der Waals surface area contributed by atoms with Crippen molar-refractivity contribution >= 4 is 40.0 Å². The molecule has 1 N–H and O–H groups in total. The fourth-order valence-electron chi connectivity index (χ4n) is 6.80. The molecule has 38 heavy (non-hydrogen) atoms. The third kappa shape index (κ3) is 2.94. The molecule has 3 aliphatic heterocycles. The third-order valence-electron chi connectivity index (χ3n) is 8.15. The largest absolute Gasteiger partial charge is 0.297 e. The smallest absolute Gasteiger partial charge is 0.266 e. The molecule has 0 radical (unpaired) electrons.